The summed E-state index contributed by atoms with van der Waals surface area (Å²) in [4.78, 5) is 26.1. The molecule has 0 unspecified atom stereocenters. The summed E-state index contributed by atoms with van der Waals surface area (Å²) in [5, 5.41) is 22.8. The van der Waals surface area contributed by atoms with Crippen LogP contribution in [0, 0.1) is 10.1 Å². The van der Waals surface area contributed by atoms with Crippen LogP contribution in [0.25, 0.3) is 22.4 Å². The molecule has 0 spiro atoms. The molecule has 2 N–H and O–H groups in total. The number of amides is 1. The first-order valence-corrected chi connectivity index (χ1v) is 8.80. The maximum absolute atomic E-state index is 11.2. The molecule has 0 saturated heterocycles. The maximum Gasteiger partial charge on any atom is 0.405 e. The van der Waals surface area contributed by atoms with Gasteiger partial charge in [0.2, 0.25) is 0 Å². The van der Waals surface area contributed by atoms with Gasteiger partial charge in [-0.1, -0.05) is 54.6 Å². The number of nitrogens with one attached hydrogen (secondary N) is 1. The van der Waals surface area contributed by atoms with E-state index in [4.69, 9.17) is 5.11 Å². The Balaban J connectivity index is 1.75. The van der Waals surface area contributed by atoms with E-state index in [0.29, 0.717) is 11.3 Å². The van der Waals surface area contributed by atoms with Crippen molar-refractivity contribution in [2.75, 3.05) is 0 Å². The van der Waals surface area contributed by atoms with Gasteiger partial charge in [-0.05, 0) is 24.0 Å². The van der Waals surface area contributed by atoms with E-state index in [1.807, 2.05) is 54.6 Å². The van der Waals surface area contributed by atoms with E-state index in [1.165, 1.54) is 12.3 Å². The van der Waals surface area contributed by atoms with Gasteiger partial charge < -0.3 is 10.4 Å². The highest BCUT2D eigenvalue weighted by molar-refractivity contribution is 5.82. The molecule has 0 radical (unpaired) electrons. The summed E-state index contributed by atoms with van der Waals surface area (Å²) in [6.07, 6.45) is 1.75. The Morgan fingerprint density at radius 3 is 2.32 bits per heavy atom. The SMILES string of the molecule is O=C(O)NC1(c2ccc(-c3ncc([N+](=O)[O-])cc3-c3ccccc3)cc2)CC1. The average Bonchev–Trinajstić information content (AvgIpc) is 3.48. The molecule has 1 aromatic heterocycles. The number of carbonyl (C=O) groups is 1. The molecule has 1 fully saturated rings. The molecular formula is C21H17N3O4. The van der Waals surface area contributed by atoms with Crippen LogP contribution < -0.4 is 5.32 Å². The summed E-state index contributed by atoms with van der Waals surface area (Å²) in [5.74, 6) is 0. The lowest BCUT2D eigenvalue weighted by Crippen LogP contribution is -2.33. The van der Waals surface area contributed by atoms with Crippen LogP contribution in [0.4, 0.5) is 10.5 Å². The van der Waals surface area contributed by atoms with E-state index < -0.39 is 16.6 Å². The van der Waals surface area contributed by atoms with Gasteiger partial charge >= 0.3 is 6.09 Å². The van der Waals surface area contributed by atoms with Gasteiger partial charge in [-0.3, -0.25) is 10.1 Å². The molecule has 1 aliphatic carbocycles. The normalized spacial score (nSPS) is 14.3. The first-order chi connectivity index (χ1) is 13.5. The van der Waals surface area contributed by atoms with Crippen LogP contribution in [0.2, 0.25) is 0 Å². The third-order valence-electron chi connectivity index (χ3n) is 4.98. The maximum atomic E-state index is 11.2. The number of hydrogen-bond donors (Lipinski definition) is 2. The second-order valence-corrected chi connectivity index (χ2v) is 6.80. The average molecular weight is 375 g/mol. The third kappa shape index (κ3) is 3.29. The molecule has 3 aromatic rings. The third-order valence-corrected chi connectivity index (χ3v) is 4.98. The summed E-state index contributed by atoms with van der Waals surface area (Å²) in [6, 6.07) is 18.4. The standard InChI is InChI=1S/C21H17N3O4/c25-20(26)23-21(10-11-21)16-8-6-15(7-9-16)19-18(14-4-2-1-3-5-14)12-17(13-22-19)24(27)28/h1-9,12-13,23H,10-11H2,(H,25,26). The van der Waals surface area contributed by atoms with Gasteiger partial charge in [-0.2, -0.15) is 0 Å². The van der Waals surface area contributed by atoms with E-state index in [-0.39, 0.29) is 5.69 Å². The zero-order valence-corrected chi connectivity index (χ0v) is 14.8. The summed E-state index contributed by atoms with van der Waals surface area (Å²) in [7, 11) is 0. The molecule has 0 atom stereocenters. The van der Waals surface area contributed by atoms with Gasteiger partial charge in [-0.25, -0.2) is 9.78 Å². The fourth-order valence-electron chi connectivity index (χ4n) is 3.38. The molecule has 7 nitrogen and oxygen atoms in total. The zero-order valence-electron chi connectivity index (χ0n) is 14.8. The molecule has 1 heterocycles. The van der Waals surface area contributed by atoms with Crippen molar-refractivity contribution in [2.24, 2.45) is 0 Å². The summed E-state index contributed by atoms with van der Waals surface area (Å²) >= 11 is 0. The van der Waals surface area contributed by atoms with Crippen LogP contribution >= 0.6 is 0 Å². The highest BCUT2D eigenvalue weighted by Gasteiger charge is 2.45. The van der Waals surface area contributed by atoms with Crippen LogP contribution in [-0.2, 0) is 5.54 Å². The number of carboxylic acid groups (broad SMARTS) is 1. The number of pyridine rings is 1. The lowest BCUT2D eigenvalue weighted by atomic mass is 9.96. The molecule has 1 aliphatic rings. The van der Waals surface area contributed by atoms with Crippen molar-refractivity contribution in [3.63, 3.8) is 0 Å². The minimum Gasteiger partial charge on any atom is -0.465 e. The molecule has 1 saturated carbocycles. The summed E-state index contributed by atoms with van der Waals surface area (Å²) in [6.45, 7) is 0. The van der Waals surface area contributed by atoms with Crippen LogP contribution in [-0.4, -0.2) is 21.1 Å². The van der Waals surface area contributed by atoms with E-state index in [2.05, 4.69) is 10.3 Å². The number of benzene rings is 2. The lowest BCUT2D eigenvalue weighted by Gasteiger charge is -2.16. The number of hydrogen-bond acceptors (Lipinski definition) is 4. The van der Waals surface area contributed by atoms with E-state index in [9.17, 15) is 14.9 Å². The predicted octanol–water partition coefficient (Wildman–Crippen LogP) is 4.58. The summed E-state index contributed by atoms with van der Waals surface area (Å²) in [5.41, 5.74) is 3.29. The molecule has 0 bridgehead atoms. The lowest BCUT2D eigenvalue weighted by molar-refractivity contribution is -0.385. The van der Waals surface area contributed by atoms with Crippen LogP contribution in [0.15, 0.2) is 66.9 Å². The number of nitro groups is 1. The molecule has 2 aromatic carbocycles. The van der Waals surface area contributed by atoms with Gasteiger partial charge in [0.05, 0.1) is 16.2 Å². The van der Waals surface area contributed by atoms with Gasteiger partial charge in [0, 0.05) is 17.2 Å². The molecule has 1 amide bonds. The highest BCUT2D eigenvalue weighted by Crippen LogP contribution is 2.46. The van der Waals surface area contributed by atoms with E-state index >= 15 is 0 Å². The molecule has 28 heavy (non-hydrogen) atoms. The Labute approximate surface area is 160 Å². The fraction of sp³-hybridized carbons (Fsp3) is 0.143. The van der Waals surface area contributed by atoms with E-state index in [0.717, 1.165) is 29.5 Å². The van der Waals surface area contributed by atoms with Crippen molar-refractivity contribution in [1.29, 1.82) is 0 Å². The fourth-order valence-corrected chi connectivity index (χ4v) is 3.38. The first-order valence-electron chi connectivity index (χ1n) is 8.80. The Morgan fingerprint density at radius 1 is 1.07 bits per heavy atom. The zero-order chi connectivity index (χ0) is 19.7. The monoisotopic (exact) mass is 375 g/mol. The summed E-state index contributed by atoms with van der Waals surface area (Å²) < 4.78 is 0. The van der Waals surface area contributed by atoms with E-state index in [1.54, 1.807) is 0 Å². The van der Waals surface area contributed by atoms with Crippen molar-refractivity contribution in [3.8, 4) is 22.4 Å². The second-order valence-electron chi connectivity index (χ2n) is 6.80. The quantitative estimate of drug-likeness (QED) is 0.501. The first kappa shape index (κ1) is 17.7. The van der Waals surface area contributed by atoms with Crippen molar-refractivity contribution in [3.05, 3.63) is 82.5 Å². The van der Waals surface area contributed by atoms with Crippen molar-refractivity contribution >= 4 is 11.8 Å². The largest absolute Gasteiger partial charge is 0.465 e. The second kappa shape index (κ2) is 6.77. The predicted molar refractivity (Wildman–Crippen MR) is 104 cm³/mol. The molecule has 4 rings (SSSR count). The topological polar surface area (TPSA) is 105 Å². The minimum atomic E-state index is -1.04. The Morgan fingerprint density at radius 2 is 1.75 bits per heavy atom. The van der Waals surface area contributed by atoms with Crippen molar-refractivity contribution in [1.82, 2.24) is 10.3 Å². The van der Waals surface area contributed by atoms with Crippen molar-refractivity contribution < 1.29 is 14.8 Å². The van der Waals surface area contributed by atoms with Gasteiger partial charge in [-0.15, -0.1) is 0 Å². The minimum absolute atomic E-state index is 0.0678. The molecule has 0 aliphatic heterocycles. The van der Waals surface area contributed by atoms with Gasteiger partial charge in [0.1, 0.15) is 6.20 Å². The number of nitrogens with zero attached hydrogens (tertiary/aromatic N) is 2. The van der Waals surface area contributed by atoms with Gasteiger partial charge in [0.15, 0.2) is 0 Å². The smallest absolute Gasteiger partial charge is 0.405 e. The number of rotatable bonds is 5. The molecule has 140 valence electrons. The van der Waals surface area contributed by atoms with Gasteiger partial charge in [0.25, 0.3) is 5.69 Å². The van der Waals surface area contributed by atoms with Crippen LogP contribution in [0.3, 0.4) is 0 Å². The van der Waals surface area contributed by atoms with Crippen LogP contribution in [0.5, 0.6) is 0 Å². The Kier molecular flexibility index (Phi) is 4.27. The molecular weight excluding hydrogens is 358 g/mol. The van der Waals surface area contributed by atoms with Crippen molar-refractivity contribution in [2.45, 2.75) is 18.4 Å². The molecule has 7 heteroatoms. The van der Waals surface area contributed by atoms with Crippen LogP contribution in [0.1, 0.15) is 18.4 Å². The Bertz CT molecular complexity index is 1050. The highest BCUT2D eigenvalue weighted by atomic mass is 16.6. The number of aromatic nitrogens is 1. The Hall–Kier alpha value is -3.74.